The number of hydrogen-bond acceptors (Lipinski definition) is 3. The minimum atomic E-state index is -0.345. The van der Waals surface area contributed by atoms with Gasteiger partial charge in [-0.15, -0.1) is 0 Å². The molecule has 1 atom stereocenters. The summed E-state index contributed by atoms with van der Waals surface area (Å²) in [6, 6.07) is 5.67. The van der Waals surface area contributed by atoms with E-state index in [2.05, 4.69) is 26.1 Å². The number of nitrogens with zero attached hydrogens (tertiary/aromatic N) is 1. The second-order valence-corrected chi connectivity index (χ2v) is 5.47. The van der Waals surface area contributed by atoms with Crippen LogP contribution < -0.4 is 11.1 Å². The largest absolute Gasteiger partial charge is 0.368 e. The first-order chi connectivity index (χ1) is 8.59. The molecule has 0 bridgehead atoms. The van der Waals surface area contributed by atoms with E-state index in [-0.39, 0.29) is 11.9 Å². The SMILES string of the molecule is Cc1ccc(C(C(N)=O)N2CCNCC2)c(Br)c1. The number of amides is 1. The van der Waals surface area contributed by atoms with Gasteiger partial charge in [0.25, 0.3) is 0 Å². The average Bonchev–Trinajstić information content (AvgIpc) is 2.33. The molecule has 0 radical (unpaired) electrons. The lowest BCUT2D eigenvalue weighted by Gasteiger charge is -2.33. The third-order valence-corrected chi connectivity index (χ3v) is 3.92. The number of primary amides is 1. The van der Waals surface area contributed by atoms with Gasteiger partial charge < -0.3 is 11.1 Å². The van der Waals surface area contributed by atoms with Crippen molar-refractivity contribution < 1.29 is 4.79 Å². The van der Waals surface area contributed by atoms with E-state index in [9.17, 15) is 4.79 Å². The Hall–Kier alpha value is -0.910. The predicted molar refractivity (Wildman–Crippen MR) is 75.3 cm³/mol. The first kappa shape index (κ1) is 13.5. The van der Waals surface area contributed by atoms with E-state index in [0.29, 0.717) is 0 Å². The number of rotatable bonds is 3. The van der Waals surface area contributed by atoms with Crippen LogP contribution in [-0.4, -0.2) is 37.0 Å². The van der Waals surface area contributed by atoms with Crippen molar-refractivity contribution in [3.05, 3.63) is 33.8 Å². The van der Waals surface area contributed by atoms with Crippen molar-refractivity contribution in [3.8, 4) is 0 Å². The maximum atomic E-state index is 11.8. The number of piperazine rings is 1. The third kappa shape index (κ3) is 2.91. The number of nitrogens with two attached hydrogens (primary N) is 1. The summed E-state index contributed by atoms with van der Waals surface area (Å²) >= 11 is 3.53. The molecule has 1 heterocycles. The molecule has 4 nitrogen and oxygen atoms in total. The normalized spacial score (nSPS) is 18.6. The summed E-state index contributed by atoms with van der Waals surface area (Å²) < 4.78 is 0.949. The van der Waals surface area contributed by atoms with Gasteiger partial charge in [-0.25, -0.2) is 0 Å². The Morgan fingerprint density at radius 1 is 1.44 bits per heavy atom. The van der Waals surface area contributed by atoms with Gasteiger partial charge in [0.2, 0.25) is 5.91 Å². The fourth-order valence-corrected chi connectivity index (χ4v) is 3.03. The van der Waals surface area contributed by atoms with Crippen molar-refractivity contribution in [2.45, 2.75) is 13.0 Å². The first-order valence-corrected chi connectivity index (χ1v) is 6.89. The van der Waals surface area contributed by atoms with Gasteiger partial charge in [-0.1, -0.05) is 28.1 Å². The zero-order valence-electron chi connectivity index (χ0n) is 10.4. The minimum absolute atomic E-state index is 0.290. The molecule has 2 rings (SSSR count). The van der Waals surface area contributed by atoms with Gasteiger partial charge in [0, 0.05) is 30.7 Å². The van der Waals surface area contributed by atoms with Crippen LogP contribution in [0.15, 0.2) is 22.7 Å². The predicted octanol–water partition coefficient (Wildman–Crippen LogP) is 1.19. The quantitative estimate of drug-likeness (QED) is 0.881. The summed E-state index contributed by atoms with van der Waals surface area (Å²) in [6.45, 7) is 5.50. The maximum absolute atomic E-state index is 11.8. The highest BCUT2D eigenvalue weighted by molar-refractivity contribution is 9.10. The van der Waals surface area contributed by atoms with Crippen molar-refractivity contribution in [1.29, 1.82) is 0 Å². The Bertz CT molecular complexity index is 444. The fraction of sp³-hybridized carbons (Fsp3) is 0.462. The van der Waals surface area contributed by atoms with Crippen molar-refractivity contribution in [2.24, 2.45) is 5.73 Å². The molecule has 98 valence electrons. The molecule has 1 aromatic carbocycles. The average molecular weight is 312 g/mol. The maximum Gasteiger partial charge on any atom is 0.239 e. The van der Waals surface area contributed by atoms with E-state index in [1.165, 1.54) is 0 Å². The summed E-state index contributed by atoms with van der Waals surface area (Å²) in [5.74, 6) is -0.290. The molecule has 1 saturated heterocycles. The van der Waals surface area contributed by atoms with Gasteiger partial charge in [-0.2, -0.15) is 0 Å². The molecule has 1 aliphatic heterocycles. The zero-order chi connectivity index (χ0) is 13.1. The molecule has 1 aromatic rings. The monoisotopic (exact) mass is 311 g/mol. The Balaban J connectivity index is 2.31. The van der Waals surface area contributed by atoms with Gasteiger partial charge in [0.05, 0.1) is 0 Å². The van der Waals surface area contributed by atoms with Crippen LogP contribution in [0.2, 0.25) is 0 Å². The van der Waals surface area contributed by atoms with Crippen LogP contribution in [0.3, 0.4) is 0 Å². The van der Waals surface area contributed by atoms with E-state index in [1.807, 2.05) is 25.1 Å². The molecule has 5 heteroatoms. The van der Waals surface area contributed by atoms with Crippen molar-refractivity contribution in [3.63, 3.8) is 0 Å². The Kier molecular flexibility index (Phi) is 4.37. The Morgan fingerprint density at radius 2 is 2.11 bits per heavy atom. The van der Waals surface area contributed by atoms with E-state index < -0.39 is 0 Å². The van der Waals surface area contributed by atoms with Crippen LogP contribution in [0.25, 0.3) is 0 Å². The summed E-state index contributed by atoms with van der Waals surface area (Å²) in [7, 11) is 0. The number of nitrogens with one attached hydrogen (secondary N) is 1. The van der Waals surface area contributed by atoms with Crippen LogP contribution in [-0.2, 0) is 4.79 Å². The van der Waals surface area contributed by atoms with Crippen LogP contribution in [0.1, 0.15) is 17.2 Å². The molecule has 1 fully saturated rings. The molecule has 18 heavy (non-hydrogen) atoms. The first-order valence-electron chi connectivity index (χ1n) is 6.09. The third-order valence-electron chi connectivity index (χ3n) is 3.24. The lowest BCUT2D eigenvalue weighted by atomic mass is 10.0. The number of aryl methyl sites for hydroxylation is 1. The smallest absolute Gasteiger partial charge is 0.239 e. The molecule has 0 spiro atoms. The molecular weight excluding hydrogens is 294 g/mol. The van der Waals surface area contributed by atoms with Crippen LogP contribution in [0.4, 0.5) is 0 Å². The Labute approximate surface area is 116 Å². The van der Waals surface area contributed by atoms with Gasteiger partial charge in [0.1, 0.15) is 6.04 Å². The van der Waals surface area contributed by atoms with Crippen molar-refractivity contribution in [2.75, 3.05) is 26.2 Å². The second kappa shape index (κ2) is 5.82. The summed E-state index contributed by atoms with van der Waals surface area (Å²) in [6.07, 6.45) is 0. The molecule has 3 N–H and O–H groups in total. The molecular formula is C13H18BrN3O. The van der Waals surface area contributed by atoms with E-state index >= 15 is 0 Å². The lowest BCUT2D eigenvalue weighted by Crippen LogP contribution is -2.48. The summed E-state index contributed by atoms with van der Waals surface area (Å²) in [4.78, 5) is 13.9. The number of benzene rings is 1. The molecule has 1 amide bonds. The summed E-state index contributed by atoms with van der Waals surface area (Å²) in [5, 5.41) is 3.28. The molecule has 0 aliphatic carbocycles. The van der Waals surface area contributed by atoms with E-state index in [0.717, 1.165) is 41.8 Å². The fourth-order valence-electron chi connectivity index (χ4n) is 2.32. The van der Waals surface area contributed by atoms with Crippen molar-refractivity contribution >= 4 is 21.8 Å². The lowest BCUT2D eigenvalue weighted by molar-refractivity contribution is -0.123. The highest BCUT2D eigenvalue weighted by atomic mass is 79.9. The molecule has 1 aliphatic rings. The van der Waals surface area contributed by atoms with Gasteiger partial charge in [-0.05, 0) is 24.1 Å². The highest BCUT2D eigenvalue weighted by Crippen LogP contribution is 2.28. The second-order valence-electron chi connectivity index (χ2n) is 4.62. The zero-order valence-corrected chi connectivity index (χ0v) is 12.0. The standard InChI is InChI=1S/C13H18BrN3O/c1-9-2-3-10(11(14)8-9)12(13(15)18)17-6-4-16-5-7-17/h2-3,8,12,16H,4-7H2,1H3,(H2,15,18). The molecule has 1 unspecified atom stereocenters. The van der Waals surface area contributed by atoms with Crippen LogP contribution in [0.5, 0.6) is 0 Å². The number of hydrogen-bond donors (Lipinski definition) is 2. The highest BCUT2D eigenvalue weighted by Gasteiger charge is 2.28. The molecule has 0 saturated carbocycles. The van der Waals surface area contributed by atoms with Crippen LogP contribution >= 0.6 is 15.9 Å². The number of carbonyl (C=O) groups excluding carboxylic acids is 1. The van der Waals surface area contributed by atoms with Gasteiger partial charge in [0.15, 0.2) is 0 Å². The van der Waals surface area contributed by atoms with Gasteiger partial charge >= 0.3 is 0 Å². The van der Waals surface area contributed by atoms with E-state index in [4.69, 9.17) is 5.73 Å². The van der Waals surface area contributed by atoms with Gasteiger partial charge in [-0.3, -0.25) is 9.69 Å². The number of halogens is 1. The van der Waals surface area contributed by atoms with Crippen LogP contribution in [0, 0.1) is 6.92 Å². The molecule has 0 aromatic heterocycles. The van der Waals surface area contributed by atoms with E-state index in [1.54, 1.807) is 0 Å². The summed E-state index contributed by atoms with van der Waals surface area (Å²) in [5.41, 5.74) is 7.70. The Morgan fingerprint density at radius 3 is 2.67 bits per heavy atom. The number of carbonyl (C=O) groups is 1. The minimum Gasteiger partial charge on any atom is -0.368 e. The van der Waals surface area contributed by atoms with Crippen molar-refractivity contribution in [1.82, 2.24) is 10.2 Å². The topological polar surface area (TPSA) is 58.4 Å².